The molecule has 27 heavy (non-hydrogen) atoms. The van der Waals surface area contributed by atoms with Crippen molar-refractivity contribution in [3.05, 3.63) is 69.0 Å². The Morgan fingerprint density at radius 1 is 1.26 bits per heavy atom. The largest absolute Gasteiger partial charge is 0.350 e. The van der Waals surface area contributed by atoms with Crippen molar-refractivity contribution in [1.29, 1.82) is 0 Å². The molecule has 0 saturated carbocycles. The molecule has 9 heteroatoms. The maximum atomic E-state index is 13.0. The van der Waals surface area contributed by atoms with Gasteiger partial charge >= 0.3 is 0 Å². The van der Waals surface area contributed by atoms with Gasteiger partial charge in [0.15, 0.2) is 0 Å². The lowest BCUT2D eigenvalue weighted by Crippen LogP contribution is -2.37. The van der Waals surface area contributed by atoms with E-state index in [0.29, 0.717) is 15.6 Å². The first-order chi connectivity index (χ1) is 12.9. The van der Waals surface area contributed by atoms with Gasteiger partial charge in [0, 0.05) is 30.0 Å². The number of nitrogens with zero attached hydrogens (tertiary/aromatic N) is 2. The van der Waals surface area contributed by atoms with Gasteiger partial charge in [-0.3, -0.25) is 24.3 Å². The molecule has 2 heterocycles. The Morgan fingerprint density at radius 3 is 2.70 bits per heavy atom. The minimum atomic E-state index is -0.437. The monoisotopic (exact) mass is 449 g/mol. The molecule has 0 radical (unpaired) electrons. The molecule has 1 N–H and O–H groups in total. The first-order valence-electron chi connectivity index (χ1n) is 7.84. The second kappa shape index (κ2) is 8.45. The molecule has 1 aliphatic heterocycles. The molecule has 0 unspecified atom stereocenters. The van der Waals surface area contributed by atoms with Gasteiger partial charge in [-0.2, -0.15) is 0 Å². The molecule has 0 bridgehead atoms. The van der Waals surface area contributed by atoms with Crippen LogP contribution in [0.1, 0.15) is 15.9 Å². The van der Waals surface area contributed by atoms with Crippen molar-refractivity contribution in [2.75, 3.05) is 13.1 Å². The highest BCUT2D eigenvalue weighted by molar-refractivity contribution is 9.10. The molecule has 1 fully saturated rings. The third-order valence-electron chi connectivity index (χ3n) is 3.63. The van der Waals surface area contributed by atoms with Crippen molar-refractivity contribution in [2.45, 2.75) is 0 Å². The zero-order valence-electron chi connectivity index (χ0n) is 13.8. The number of thioether (sulfide) groups is 1. The summed E-state index contributed by atoms with van der Waals surface area (Å²) in [6.07, 6.45) is 4.52. The van der Waals surface area contributed by atoms with Crippen molar-refractivity contribution >= 4 is 50.8 Å². The molecule has 3 amide bonds. The fraction of sp³-hybridized carbons (Fsp3) is 0.111. The number of benzene rings is 1. The van der Waals surface area contributed by atoms with E-state index in [-0.39, 0.29) is 29.7 Å². The summed E-state index contributed by atoms with van der Waals surface area (Å²) in [5.74, 6) is -1.16. The van der Waals surface area contributed by atoms with Gasteiger partial charge in [0.1, 0.15) is 5.82 Å². The van der Waals surface area contributed by atoms with Crippen LogP contribution in [0.25, 0.3) is 6.08 Å². The van der Waals surface area contributed by atoms with Gasteiger partial charge in [0.25, 0.3) is 17.1 Å². The lowest BCUT2D eigenvalue weighted by atomic mass is 10.2. The van der Waals surface area contributed by atoms with E-state index >= 15 is 0 Å². The summed E-state index contributed by atoms with van der Waals surface area (Å²) >= 11 is 4.05. The predicted octanol–water partition coefficient (Wildman–Crippen LogP) is 3.45. The zero-order valence-corrected chi connectivity index (χ0v) is 16.2. The van der Waals surface area contributed by atoms with Crippen molar-refractivity contribution < 1.29 is 18.8 Å². The molecule has 3 rings (SSSR count). The van der Waals surface area contributed by atoms with Gasteiger partial charge in [-0.15, -0.1) is 0 Å². The SMILES string of the molecule is O=C(NCCN1C(=O)S/C(=C/c2ccc(F)cc2)C1=O)c1cncc(Br)c1. The second-order valence-corrected chi connectivity index (χ2v) is 7.44. The van der Waals surface area contributed by atoms with Crippen LogP contribution in [0.3, 0.4) is 0 Å². The van der Waals surface area contributed by atoms with Crippen LogP contribution < -0.4 is 5.32 Å². The molecule has 0 aliphatic carbocycles. The van der Waals surface area contributed by atoms with Gasteiger partial charge in [-0.05, 0) is 57.5 Å². The zero-order chi connectivity index (χ0) is 19.4. The Labute approximate surface area is 167 Å². The lowest BCUT2D eigenvalue weighted by molar-refractivity contribution is -0.122. The number of rotatable bonds is 5. The normalized spacial score (nSPS) is 15.5. The van der Waals surface area contributed by atoms with E-state index in [4.69, 9.17) is 0 Å². The van der Waals surface area contributed by atoms with E-state index in [0.717, 1.165) is 16.7 Å². The number of nitrogens with one attached hydrogen (secondary N) is 1. The van der Waals surface area contributed by atoms with Crippen LogP contribution in [0.2, 0.25) is 0 Å². The van der Waals surface area contributed by atoms with Gasteiger partial charge in [0.05, 0.1) is 10.5 Å². The van der Waals surface area contributed by atoms with E-state index in [1.54, 1.807) is 12.3 Å². The number of pyridine rings is 1. The van der Waals surface area contributed by atoms with E-state index in [1.807, 2.05) is 0 Å². The lowest BCUT2D eigenvalue weighted by Gasteiger charge is -2.13. The van der Waals surface area contributed by atoms with Gasteiger partial charge in [-0.1, -0.05) is 12.1 Å². The maximum absolute atomic E-state index is 13.0. The standard InChI is InChI=1S/C18H13BrFN3O3S/c19-13-8-12(9-21-10-13)16(24)22-5-6-23-17(25)15(27-18(23)26)7-11-1-3-14(20)4-2-11/h1-4,7-10H,5-6H2,(H,22,24)/b15-7+. The van der Waals surface area contributed by atoms with Crippen LogP contribution in [-0.4, -0.2) is 40.0 Å². The number of hydrogen-bond acceptors (Lipinski definition) is 5. The number of carbonyl (C=O) groups excluding carboxylic acids is 3. The molecule has 1 saturated heterocycles. The number of aromatic nitrogens is 1. The second-order valence-electron chi connectivity index (χ2n) is 5.53. The topological polar surface area (TPSA) is 79.4 Å². The Morgan fingerprint density at radius 2 is 2.00 bits per heavy atom. The number of hydrogen-bond donors (Lipinski definition) is 1. The van der Waals surface area contributed by atoms with Crippen molar-refractivity contribution in [3.8, 4) is 0 Å². The first-order valence-corrected chi connectivity index (χ1v) is 9.44. The molecule has 1 aromatic carbocycles. The highest BCUT2D eigenvalue weighted by atomic mass is 79.9. The van der Waals surface area contributed by atoms with Crippen molar-refractivity contribution in [1.82, 2.24) is 15.2 Å². The summed E-state index contributed by atoms with van der Waals surface area (Å²) < 4.78 is 13.6. The summed E-state index contributed by atoms with van der Waals surface area (Å²) in [4.78, 5) is 41.8. The van der Waals surface area contributed by atoms with Crippen LogP contribution in [0.5, 0.6) is 0 Å². The fourth-order valence-electron chi connectivity index (χ4n) is 2.32. The summed E-state index contributed by atoms with van der Waals surface area (Å²) in [5, 5.41) is 2.24. The maximum Gasteiger partial charge on any atom is 0.293 e. The molecular weight excluding hydrogens is 437 g/mol. The molecule has 138 valence electrons. The van der Waals surface area contributed by atoms with Crippen LogP contribution >= 0.6 is 27.7 Å². The molecular formula is C18H13BrFN3O3S. The third kappa shape index (κ3) is 4.81. The van der Waals surface area contributed by atoms with E-state index in [2.05, 4.69) is 26.2 Å². The van der Waals surface area contributed by atoms with Gasteiger partial charge < -0.3 is 5.32 Å². The predicted molar refractivity (Wildman–Crippen MR) is 103 cm³/mol. The molecule has 6 nitrogen and oxygen atoms in total. The highest BCUT2D eigenvalue weighted by Gasteiger charge is 2.34. The Bertz CT molecular complexity index is 934. The third-order valence-corrected chi connectivity index (χ3v) is 4.97. The Balaban J connectivity index is 1.59. The van der Waals surface area contributed by atoms with Gasteiger partial charge in [0.2, 0.25) is 0 Å². The van der Waals surface area contributed by atoms with E-state index in [9.17, 15) is 18.8 Å². The number of carbonyl (C=O) groups is 3. The van der Waals surface area contributed by atoms with Crippen molar-refractivity contribution in [3.63, 3.8) is 0 Å². The van der Waals surface area contributed by atoms with Crippen LogP contribution in [0, 0.1) is 5.82 Å². The number of imide groups is 1. The fourth-order valence-corrected chi connectivity index (χ4v) is 3.55. The molecule has 2 aromatic rings. The van der Waals surface area contributed by atoms with Crippen LogP contribution in [0.4, 0.5) is 9.18 Å². The highest BCUT2D eigenvalue weighted by Crippen LogP contribution is 2.31. The molecule has 0 atom stereocenters. The average molecular weight is 450 g/mol. The molecule has 1 aromatic heterocycles. The van der Waals surface area contributed by atoms with E-state index in [1.165, 1.54) is 36.5 Å². The summed E-state index contributed by atoms with van der Waals surface area (Å²) in [5.41, 5.74) is 0.993. The number of amides is 3. The van der Waals surface area contributed by atoms with Crippen molar-refractivity contribution in [2.24, 2.45) is 0 Å². The molecule has 1 aliphatic rings. The Hall–Kier alpha value is -2.52. The first kappa shape index (κ1) is 19.2. The van der Waals surface area contributed by atoms with Gasteiger partial charge in [-0.25, -0.2) is 4.39 Å². The van der Waals surface area contributed by atoms with E-state index < -0.39 is 11.1 Å². The van der Waals surface area contributed by atoms with Crippen LogP contribution in [0.15, 0.2) is 52.1 Å². The average Bonchev–Trinajstić information content (AvgIpc) is 2.91. The smallest absolute Gasteiger partial charge is 0.293 e. The summed E-state index contributed by atoms with van der Waals surface area (Å²) in [6.45, 7) is 0.172. The summed E-state index contributed by atoms with van der Waals surface area (Å²) in [6, 6.07) is 7.23. The molecule has 0 spiro atoms. The minimum Gasteiger partial charge on any atom is -0.350 e. The Kier molecular flexibility index (Phi) is 6.02. The minimum absolute atomic E-state index is 0.0542. The quantitative estimate of drug-likeness (QED) is 0.707. The van der Waals surface area contributed by atoms with Crippen LogP contribution in [-0.2, 0) is 4.79 Å². The number of halogens is 2. The summed E-state index contributed by atoms with van der Waals surface area (Å²) in [7, 11) is 0.